The van der Waals surface area contributed by atoms with Crippen molar-refractivity contribution in [2.24, 2.45) is 5.92 Å². The van der Waals surface area contributed by atoms with Gasteiger partial charge in [-0.2, -0.15) is 0 Å². The van der Waals surface area contributed by atoms with E-state index in [1.54, 1.807) is 32.9 Å². The van der Waals surface area contributed by atoms with Crippen LogP contribution in [0.3, 0.4) is 0 Å². The van der Waals surface area contributed by atoms with Gasteiger partial charge in [0.15, 0.2) is 11.6 Å². The summed E-state index contributed by atoms with van der Waals surface area (Å²) in [5.41, 5.74) is 0.154. The van der Waals surface area contributed by atoms with Crippen LogP contribution in [0.1, 0.15) is 26.3 Å². The van der Waals surface area contributed by atoms with Gasteiger partial charge in [-0.25, -0.2) is 9.18 Å². The number of ether oxygens (including phenoxy) is 2. The second-order valence-corrected chi connectivity index (χ2v) is 6.10. The van der Waals surface area contributed by atoms with Gasteiger partial charge in [-0.15, -0.1) is 0 Å². The van der Waals surface area contributed by atoms with Crippen LogP contribution in [0.4, 0.5) is 9.18 Å². The molecule has 1 amide bonds. The van der Waals surface area contributed by atoms with Crippen molar-refractivity contribution >= 4 is 6.09 Å². The van der Waals surface area contributed by atoms with E-state index in [2.05, 4.69) is 5.32 Å². The SMILES string of the molecule is COc1ccc(CC(CO)CNC(=O)OC(C)(C)C)cc1F. The van der Waals surface area contributed by atoms with Crippen molar-refractivity contribution in [1.82, 2.24) is 5.32 Å². The molecule has 0 radical (unpaired) electrons. The van der Waals surface area contributed by atoms with Crippen LogP contribution in [0.2, 0.25) is 0 Å². The molecule has 124 valence electrons. The largest absolute Gasteiger partial charge is 0.494 e. The molecule has 6 heteroatoms. The van der Waals surface area contributed by atoms with Gasteiger partial charge in [0.05, 0.1) is 7.11 Å². The maximum absolute atomic E-state index is 13.6. The molecule has 1 atom stereocenters. The molecule has 0 fully saturated rings. The zero-order chi connectivity index (χ0) is 16.8. The number of aliphatic hydroxyl groups is 1. The Morgan fingerprint density at radius 2 is 2.09 bits per heavy atom. The molecule has 1 rings (SSSR count). The molecular weight excluding hydrogens is 289 g/mol. The lowest BCUT2D eigenvalue weighted by molar-refractivity contribution is 0.0512. The molecule has 0 aliphatic heterocycles. The number of hydrogen-bond acceptors (Lipinski definition) is 4. The number of halogens is 1. The van der Waals surface area contributed by atoms with Crippen molar-refractivity contribution in [3.8, 4) is 5.75 Å². The Labute approximate surface area is 130 Å². The number of benzene rings is 1. The third-order valence-corrected chi connectivity index (χ3v) is 2.93. The lowest BCUT2D eigenvalue weighted by Crippen LogP contribution is -2.36. The molecule has 1 aromatic rings. The van der Waals surface area contributed by atoms with Crippen LogP contribution in [0.5, 0.6) is 5.75 Å². The van der Waals surface area contributed by atoms with Gasteiger partial charge < -0.3 is 19.9 Å². The minimum atomic E-state index is -0.572. The van der Waals surface area contributed by atoms with Crippen LogP contribution in [0.25, 0.3) is 0 Å². The van der Waals surface area contributed by atoms with Gasteiger partial charge >= 0.3 is 6.09 Å². The monoisotopic (exact) mass is 313 g/mol. The standard InChI is InChI=1S/C16H24FNO4/c1-16(2,3)22-15(20)18-9-12(10-19)7-11-5-6-14(21-4)13(17)8-11/h5-6,8,12,19H,7,9-10H2,1-4H3,(H,18,20). The Balaban J connectivity index is 2.55. The summed E-state index contributed by atoms with van der Waals surface area (Å²) >= 11 is 0. The molecule has 22 heavy (non-hydrogen) atoms. The van der Waals surface area contributed by atoms with Gasteiger partial charge in [0.25, 0.3) is 0 Å². The molecule has 1 aromatic carbocycles. The van der Waals surface area contributed by atoms with Gasteiger partial charge in [0, 0.05) is 19.1 Å². The molecule has 0 aliphatic carbocycles. The molecular formula is C16H24FNO4. The number of methoxy groups -OCH3 is 1. The van der Waals surface area contributed by atoms with Crippen molar-refractivity contribution in [2.75, 3.05) is 20.3 Å². The molecule has 0 heterocycles. The molecule has 0 bridgehead atoms. The third kappa shape index (κ3) is 6.30. The van der Waals surface area contributed by atoms with Gasteiger partial charge in [0.1, 0.15) is 5.60 Å². The van der Waals surface area contributed by atoms with E-state index in [1.807, 2.05) is 0 Å². The van der Waals surface area contributed by atoms with E-state index in [-0.39, 0.29) is 24.8 Å². The first kappa shape index (κ1) is 18.2. The van der Waals surface area contributed by atoms with Crippen LogP contribution < -0.4 is 10.1 Å². The lowest BCUT2D eigenvalue weighted by Gasteiger charge is -2.21. The quantitative estimate of drug-likeness (QED) is 0.847. The van der Waals surface area contributed by atoms with Crippen LogP contribution in [-0.2, 0) is 11.2 Å². The van der Waals surface area contributed by atoms with E-state index in [4.69, 9.17) is 9.47 Å². The number of hydrogen-bond donors (Lipinski definition) is 2. The Bertz CT molecular complexity index is 499. The fraction of sp³-hybridized carbons (Fsp3) is 0.562. The summed E-state index contributed by atoms with van der Waals surface area (Å²) in [4.78, 5) is 11.6. The fourth-order valence-corrected chi connectivity index (χ4v) is 1.91. The summed E-state index contributed by atoms with van der Waals surface area (Å²) in [5.74, 6) is -0.492. The first-order valence-corrected chi connectivity index (χ1v) is 7.15. The van der Waals surface area contributed by atoms with E-state index in [0.717, 1.165) is 5.56 Å². The van der Waals surface area contributed by atoms with Gasteiger partial charge in [-0.05, 0) is 44.9 Å². The summed E-state index contributed by atoms with van der Waals surface area (Å²) in [7, 11) is 1.40. The summed E-state index contributed by atoms with van der Waals surface area (Å²) in [5, 5.41) is 12.0. The highest BCUT2D eigenvalue weighted by atomic mass is 19.1. The highest BCUT2D eigenvalue weighted by molar-refractivity contribution is 5.67. The topological polar surface area (TPSA) is 67.8 Å². The number of rotatable bonds is 6. The number of aliphatic hydroxyl groups excluding tert-OH is 1. The zero-order valence-electron chi connectivity index (χ0n) is 13.5. The summed E-state index contributed by atoms with van der Waals surface area (Å²) < 4.78 is 23.6. The highest BCUT2D eigenvalue weighted by Crippen LogP contribution is 2.19. The van der Waals surface area contributed by atoms with Gasteiger partial charge in [-0.3, -0.25) is 0 Å². The Morgan fingerprint density at radius 1 is 1.41 bits per heavy atom. The maximum atomic E-state index is 13.6. The Kier molecular flexibility index (Phi) is 6.61. The number of alkyl carbamates (subject to hydrolysis) is 1. The number of nitrogens with one attached hydrogen (secondary N) is 1. The maximum Gasteiger partial charge on any atom is 0.407 e. The zero-order valence-corrected chi connectivity index (χ0v) is 13.5. The number of amides is 1. The van der Waals surface area contributed by atoms with E-state index in [9.17, 15) is 14.3 Å². The van der Waals surface area contributed by atoms with E-state index in [0.29, 0.717) is 6.42 Å². The summed E-state index contributed by atoms with van der Waals surface area (Å²) in [6, 6.07) is 4.65. The minimum absolute atomic E-state index is 0.122. The highest BCUT2D eigenvalue weighted by Gasteiger charge is 2.17. The average Bonchev–Trinajstić information content (AvgIpc) is 2.41. The molecule has 2 N–H and O–H groups in total. The third-order valence-electron chi connectivity index (χ3n) is 2.93. The number of carbonyl (C=O) groups excluding carboxylic acids is 1. The van der Waals surface area contributed by atoms with Crippen molar-refractivity contribution < 1.29 is 23.8 Å². The Hall–Kier alpha value is -1.82. The van der Waals surface area contributed by atoms with Crippen molar-refractivity contribution in [3.63, 3.8) is 0 Å². The first-order chi connectivity index (χ1) is 10.2. The molecule has 1 unspecified atom stereocenters. The molecule has 0 aromatic heterocycles. The minimum Gasteiger partial charge on any atom is -0.494 e. The van der Waals surface area contributed by atoms with E-state index >= 15 is 0 Å². The first-order valence-electron chi connectivity index (χ1n) is 7.15. The van der Waals surface area contributed by atoms with Crippen LogP contribution >= 0.6 is 0 Å². The van der Waals surface area contributed by atoms with Gasteiger partial charge in [-0.1, -0.05) is 6.07 Å². The predicted molar refractivity (Wildman–Crippen MR) is 81.5 cm³/mol. The molecule has 0 saturated carbocycles. The normalized spacial score (nSPS) is 12.6. The van der Waals surface area contributed by atoms with Gasteiger partial charge in [0.2, 0.25) is 0 Å². The van der Waals surface area contributed by atoms with Crippen LogP contribution in [0.15, 0.2) is 18.2 Å². The van der Waals surface area contributed by atoms with E-state index < -0.39 is 17.5 Å². The smallest absolute Gasteiger partial charge is 0.407 e. The summed E-state index contributed by atoms with van der Waals surface area (Å²) in [6.45, 7) is 5.45. The number of carbonyl (C=O) groups is 1. The van der Waals surface area contributed by atoms with Crippen molar-refractivity contribution in [3.05, 3.63) is 29.6 Å². The molecule has 0 spiro atoms. The van der Waals surface area contributed by atoms with Crippen LogP contribution in [0, 0.1) is 11.7 Å². The second-order valence-electron chi connectivity index (χ2n) is 6.10. The molecule has 0 saturated heterocycles. The molecule has 5 nitrogen and oxygen atoms in total. The van der Waals surface area contributed by atoms with E-state index in [1.165, 1.54) is 13.2 Å². The Morgan fingerprint density at radius 3 is 2.59 bits per heavy atom. The molecule has 0 aliphatic rings. The predicted octanol–water partition coefficient (Wildman–Crippen LogP) is 2.51. The van der Waals surface area contributed by atoms with Crippen molar-refractivity contribution in [2.45, 2.75) is 32.8 Å². The lowest BCUT2D eigenvalue weighted by atomic mass is 10.00. The second kappa shape index (κ2) is 7.98. The van der Waals surface area contributed by atoms with Crippen LogP contribution in [-0.4, -0.2) is 37.1 Å². The average molecular weight is 313 g/mol. The fourth-order valence-electron chi connectivity index (χ4n) is 1.91. The van der Waals surface area contributed by atoms with Crippen molar-refractivity contribution in [1.29, 1.82) is 0 Å². The summed E-state index contributed by atoms with van der Waals surface area (Å²) in [6.07, 6.45) is -0.0976.